The van der Waals surface area contributed by atoms with Crippen LogP contribution in [0.15, 0.2) is 30.3 Å². The maximum atomic E-state index is 11.9. The third-order valence-corrected chi connectivity index (χ3v) is 3.00. The van der Waals surface area contributed by atoms with Crippen LogP contribution in [0.25, 0.3) is 10.8 Å². The van der Waals surface area contributed by atoms with Crippen LogP contribution in [0.3, 0.4) is 0 Å². The lowest BCUT2D eigenvalue weighted by atomic mass is 10.1. The molecule has 0 atom stereocenters. The molecule has 0 saturated heterocycles. The van der Waals surface area contributed by atoms with Gasteiger partial charge in [-0.2, -0.15) is 0 Å². The number of nitrogens with one attached hydrogen (secondary N) is 2. The number of rotatable bonds is 4. The summed E-state index contributed by atoms with van der Waals surface area (Å²) in [6.45, 7) is 2.14. The smallest absolute Gasteiger partial charge is 0.270 e. The first-order valence-electron chi connectivity index (χ1n) is 6.16. The van der Waals surface area contributed by atoms with Crippen LogP contribution in [0.2, 0.25) is 5.15 Å². The first-order valence-corrected chi connectivity index (χ1v) is 6.53. The van der Waals surface area contributed by atoms with E-state index in [0.717, 1.165) is 10.8 Å². The van der Waals surface area contributed by atoms with Gasteiger partial charge in [-0.05, 0) is 11.5 Å². The molecule has 2 aromatic rings. The standard InChI is InChI=1S/C14H14ClN3O2/c1-9(19)16-6-7-17-14(20)12-8-10-4-2-3-5-11(10)13(15)18-12/h2-5,8H,6-7H2,1H3,(H,16,19)(H,17,20). The molecule has 6 heteroatoms. The van der Waals surface area contributed by atoms with Crippen LogP contribution in [0.4, 0.5) is 0 Å². The Morgan fingerprint density at radius 2 is 1.90 bits per heavy atom. The summed E-state index contributed by atoms with van der Waals surface area (Å²) in [6, 6.07) is 9.15. The van der Waals surface area contributed by atoms with Gasteiger partial charge in [0.15, 0.2) is 0 Å². The van der Waals surface area contributed by atoms with E-state index >= 15 is 0 Å². The zero-order chi connectivity index (χ0) is 14.5. The molecule has 0 fully saturated rings. The Balaban J connectivity index is 2.08. The fourth-order valence-electron chi connectivity index (χ4n) is 1.78. The number of aromatic nitrogens is 1. The Morgan fingerprint density at radius 1 is 1.20 bits per heavy atom. The molecule has 0 aliphatic rings. The molecule has 20 heavy (non-hydrogen) atoms. The minimum Gasteiger partial charge on any atom is -0.355 e. The number of carbonyl (C=O) groups is 2. The van der Waals surface area contributed by atoms with Crippen LogP contribution in [-0.4, -0.2) is 29.9 Å². The van der Waals surface area contributed by atoms with Gasteiger partial charge in [0.25, 0.3) is 5.91 Å². The molecule has 0 saturated carbocycles. The van der Waals surface area contributed by atoms with Gasteiger partial charge in [0.05, 0.1) is 0 Å². The molecule has 104 valence electrons. The van der Waals surface area contributed by atoms with Gasteiger partial charge in [-0.25, -0.2) is 4.98 Å². The Morgan fingerprint density at radius 3 is 2.65 bits per heavy atom. The second-order valence-corrected chi connectivity index (χ2v) is 4.62. The van der Waals surface area contributed by atoms with Crippen molar-refractivity contribution in [2.45, 2.75) is 6.92 Å². The summed E-state index contributed by atoms with van der Waals surface area (Å²) >= 11 is 6.06. The third kappa shape index (κ3) is 3.45. The van der Waals surface area contributed by atoms with E-state index in [1.165, 1.54) is 6.92 Å². The highest BCUT2D eigenvalue weighted by atomic mass is 35.5. The Labute approximate surface area is 121 Å². The SMILES string of the molecule is CC(=O)NCCNC(=O)c1cc2ccccc2c(Cl)n1. The van der Waals surface area contributed by atoms with E-state index in [0.29, 0.717) is 18.2 Å². The Kier molecular flexibility index (Phi) is 4.53. The number of hydrogen-bond donors (Lipinski definition) is 2. The van der Waals surface area contributed by atoms with Crippen molar-refractivity contribution in [3.8, 4) is 0 Å². The molecular weight excluding hydrogens is 278 g/mol. The van der Waals surface area contributed by atoms with Crippen molar-refractivity contribution in [1.29, 1.82) is 0 Å². The maximum absolute atomic E-state index is 11.9. The molecule has 0 spiro atoms. The first-order chi connectivity index (χ1) is 9.58. The van der Waals surface area contributed by atoms with E-state index in [9.17, 15) is 9.59 Å². The fourth-order valence-corrected chi connectivity index (χ4v) is 2.04. The van der Waals surface area contributed by atoms with Crippen molar-refractivity contribution in [2.75, 3.05) is 13.1 Å². The van der Waals surface area contributed by atoms with Gasteiger partial charge >= 0.3 is 0 Å². The zero-order valence-electron chi connectivity index (χ0n) is 10.9. The average molecular weight is 292 g/mol. The summed E-state index contributed by atoms with van der Waals surface area (Å²) in [7, 11) is 0. The predicted molar refractivity (Wildman–Crippen MR) is 77.8 cm³/mol. The summed E-state index contributed by atoms with van der Waals surface area (Å²) in [5.74, 6) is -0.450. The van der Waals surface area contributed by atoms with Crippen LogP contribution in [0.5, 0.6) is 0 Å². The number of hydrogen-bond acceptors (Lipinski definition) is 3. The van der Waals surface area contributed by atoms with Crippen LogP contribution in [0.1, 0.15) is 17.4 Å². The van der Waals surface area contributed by atoms with Gasteiger partial charge in [0.1, 0.15) is 10.8 Å². The van der Waals surface area contributed by atoms with E-state index in [1.807, 2.05) is 24.3 Å². The van der Waals surface area contributed by atoms with Gasteiger partial charge in [0, 0.05) is 25.4 Å². The number of halogens is 1. The van der Waals surface area contributed by atoms with Gasteiger partial charge in [0.2, 0.25) is 5.91 Å². The summed E-state index contributed by atoms with van der Waals surface area (Å²) in [6.07, 6.45) is 0. The van der Waals surface area contributed by atoms with Crippen molar-refractivity contribution < 1.29 is 9.59 Å². The lowest BCUT2D eigenvalue weighted by Crippen LogP contribution is -2.34. The largest absolute Gasteiger partial charge is 0.355 e. The van der Waals surface area contributed by atoms with E-state index in [1.54, 1.807) is 6.07 Å². The molecule has 2 amide bonds. The van der Waals surface area contributed by atoms with E-state index in [4.69, 9.17) is 11.6 Å². The average Bonchev–Trinajstić information content (AvgIpc) is 2.43. The van der Waals surface area contributed by atoms with Crippen molar-refractivity contribution in [3.05, 3.63) is 41.2 Å². The Hall–Kier alpha value is -2.14. The van der Waals surface area contributed by atoms with E-state index in [-0.39, 0.29) is 17.5 Å². The van der Waals surface area contributed by atoms with E-state index < -0.39 is 0 Å². The number of pyridine rings is 1. The summed E-state index contributed by atoms with van der Waals surface area (Å²) in [4.78, 5) is 26.7. The summed E-state index contributed by atoms with van der Waals surface area (Å²) in [5, 5.41) is 7.24. The normalized spacial score (nSPS) is 10.3. The van der Waals surface area contributed by atoms with Crippen LogP contribution in [-0.2, 0) is 4.79 Å². The van der Waals surface area contributed by atoms with Crippen molar-refractivity contribution in [2.24, 2.45) is 0 Å². The maximum Gasteiger partial charge on any atom is 0.270 e. The molecule has 5 nitrogen and oxygen atoms in total. The minimum absolute atomic E-state index is 0.133. The number of nitrogens with zero attached hydrogens (tertiary/aromatic N) is 1. The van der Waals surface area contributed by atoms with Crippen LogP contribution >= 0.6 is 11.6 Å². The highest BCUT2D eigenvalue weighted by Crippen LogP contribution is 2.22. The number of benzene rings is 1. The highest BCUT2D eigenvalue weighted by molar-refractivity contribution is 6.34. The first kappa shape index (κ1) is 14.3. The monoisotopic (exact) mass is 291 g/mol. The molecule has 0 bridgehead atoms. The lowest BCUT2D eigenvalue weighted by molar-refractivity contribution is -0.118. The second kappa shape index (κ2) is 6.34. The van der Waals surface area contributed by atoms with Gasteiger partial charge in [-0.15, -0.1) is 0 Å². The number of amides is 2. The summed E-state index contributed by atoms with van der Waals surface area (Å²) in [5.41, 5.74) is 0.261. The van der Waals surface area contributed by atoms with Gasteiger partial charge in [-0.1, -0.05) is 35.9 Å². The van der Waals surface area contributed by atoms with Gasteiger partial charge in [-0.3, -0.25) is 9.59 Å². The molecule has 2 rings (SSSR count). The summed E-state index contributed by atoms with van der Waals surface area (Å²) < 4.78 is 0. The molecule has 1 aromatic carbocycles. The minimum atomic E-state index is -0.317. The quantitative estimate of drug-likeness (QED) is 0.666. The zero-order valence-corrected chi connectivity index (χ0v) is 11.7. The van der Waals surface area contributed by atoms with Gasteiger partial charge < -0.3 is 10.6 Å². The molecule has 1 aromatic heterocycles. The Bertz CT molecular complexity index is 658. The molecule has 0 unspecified atom stereocenters. The predicted octanol–water partition coefficient (Wildman–Crippen LogP) is 1.75. The van der Waals surface area contributed by atoms with Crippen molar-refractivity contribution >= 4 is 34.2 Å². The molecule has 2 N–H and O–H groups in total. The van der Waals surface area contributed by atoms with Crippen molar-refractivity contribution in [1.82, 2.24) is 15.6 Å². The second-order valence-electron chi connectivity index (χ2n) is 4.26. The lowest BCUT2D eigenvalue weighted by Gasteiger charge is -2.07. The highest BCUT2D eigenvalue weighted by Gasteiger charge is 2.10. The third-order valence-electron chi connectivity index (χ3n) is 2.71. The van der Waals surface area contributed by atoms with Crippen LogP contribution in [0, 0.1) is 0 Å². The van der Waals surface area contributed by atoms with Crippen LogP contribution < -0.4 is 10.6 Å². The molecule has 1 heterocycles. The fraction of sp³-hybridized carbons (Fsp3) is 0.214. The van der Waals surface area contributed by atoms with E-state index in [2.05, 4.69) is 15.6 Å². The topological polar surface area (TPSA) is 71.1 Å². The molecule has 0 aliphatic carbocycles. The number of carbonyl (C=O) groups excluding carboxylic acids is 2. The molecule has 0 aliphatic heterocycles. The molecule has 0 radical (unpaired) electrons. The molecular formula is C14H14ClN3O2. The number of fused-ring (bicyclic) bond motifs is 1. The van der Waals surface area contributed by atoms with Crippen molar-refractivity contribution in [3.63, 3.8) is 0 Å².